The Balaban J connectivity index is 2.19. The molecule has 4 nitrogen and oxygen atoms in total. The Bertz CT molecular complexity index is 393. The third-order valence-electron chi connectivity index (χ3n) is 3.04. The molecule has 1 aliphatic heterocycles. The van der Waals surface area contributed by atoms with Crippen LogP contribution in [0.25, 0.3) is 0 Å². The van der Waals surface area contributed by atoms with Crippen LogP contribution in [0.5, 0.6) is 0 Å². The van der Waals surface area contributed by atoms with E-state index in [1.165, 1.54) is 0 Å². The number of hydrogen-bond donors (Lipinski definition) is 2. The van der Waals surface area contributed by atoms with Gasteiger partial charge in [0.05, 0.1) is 18.7 Å². The molecule has 0 aromatic heterocycles. The van der Waals surface area contributed by atoms with Gasteiger partial charge in [-0.1, -0.05) is 18.6 Å². The molecule has 17 heavy (non-hydrogen) atoms. The normalized spacial score (nSPS) is 20.5. The second kappa shape index (κ2) is 5.68. The van der Waals surface area contributed by atoms with Crippen LogP contribution < -0.4 is 10.8 Å². The van der Waals surface area contributed by atoms with Crippen molar-refractivity contribution in [2.24, 2.45) is 0 Å². The number of carbonyl (C=O) groups excluding carboxylic acids is 1. The van der Waals surface area contributed by atoms with Gasteiger partial charge in [-0.3, -0.25) is 15.1 Å². The molecule has 0 saturated carbocycles. The van der Waals surface area contributed by atoms with E-state index >= 15 is 0 Å². The van der Waals surface area contributed by atoms with Gasteiger partial charge in [-0.2, -0.15) is 0 Å². The van der Waals surface area contributed by atoms with E-state index < -0.39 is 0 Å². The standard InChI is InChI=1S/C13H18N2O2/c1-17-15-11-6-4-5-10(9-11)12-7-2-3-8-14-13(12)16/h4-6,9,12,15H,2-3,7-8H2,1H3,(H,14,16). The Hall–Kier alpha value is -1.55. The van der Waals surface area contributed by atoms with Crippen LogP contribution in [0, 0.1) is 0 Å². The number of carbonyl (C=O) groups is 1. The third-order valence-corrected chi connectivity index (χ3v) is 3.04. The summed E-state index contributed by atoms with van der Waals surface area (Å²) >= 11 is 0. The molecule has 92 valence electrons. The molecule has 1 aromatic carbocycles. The first-order chi connectivity index (χ1) is 8.31. The molecule has 1 atom stereocenters. The number of benzene rings is 1. The molecule has 0 bridgehead atoms. The van der Waals surface area contributed by atoms with Gasteiger partial charge in [-0.25, -0.2) is 0 Å². The fourth-order valence-corrected chi connectivity index (χ4v) is 2.19. The topological polar surface area (TPSA) is 50.4 Å². The molecular weight excluding hydrogens is 216 g/mol. The zero-order chi connectivity index (χ0) is 12.1. The van der Waals surface area contributed by atoms with Gasteiger partial charge < -0.3 is 5.32 Å². The zero-order valence-electron chi connectivity index (χ0n) is 10.0. The fourth-order valence-electron chi connectivity index (χ4n) is 2.19. The lowest BCUT2D eigenvalue weighted by Gasteiger charge is -2.14. The second-order valence-electron chi connectivity index (χ2n) is 4.27. The summed E-state index contributed by atoms with van der Waals surface area (Å²) in [5.74, 6) is 0.105. The van der Waals surface area contributed by atoms with Crippen molar-refractivity contribution in [1.82, 2.24) is 5.32 Å². The SMILES string of the molecule is CONc1cccc(C2CCCCNC2=O)c1. The maximum absolute atomic E-state index is 11.9. The van der Waals surface area contributed by atoms with Crippen LogP contribution >= 0.6 is 0 Å². The Morgan fingerprint density at radius 3 is 3.12 bits per heavy atom. The van der Waals surface area contributed by atoms with Crippen LogP contribution in [-0.2, 0) is 9.63 Å². The minimum Gasteiger partial charge on any atom is -0.356 e. The molecule has 1 aromatic rings. The molecule has 0 radical (unpaired) electrons. The van der Waals surface area contributed by atoms with Crippen LogP contribution in [0.1, 0.15) is 30.7 Å². The van der Waals surface area contributed by atoms with Gasteiger partial charge in [-0.05, 0) is 30.5 Å². The van der Waals surface area contributed by atoms with Crippen LogP contribution in [0.4, 0.5) is 5.69 Å². The van der Waals surface area contributed by atoms with Crippen molar-refractivity contribution in [3.8, 4) is 0 Å². The summed E-state index contributed by atoms with van der Waals surface area (Å²) in [4.78, 5) is 16.8. The van der Waals surface area contributed by atoms with E-state index in [1.54, 1.807) is 7.11 Å². The largest absolute Gasteiger partial charge is 0.356 e. The number of amides is 1. The van der Waals surface area contributed by atoms with Gasteiger partial charge in [0.2, 0.25) is 5.91 Å². The van der Waals surface area contributed by atoms with Crippen molar-refractivity contribution in [1.29, 1.82) is 0 Å². The van der Waals surface area contributed by atoms with Crippen molar-refractivity contribution in [3.05, 3.63) is 29.8 Å². The maximum atomic E-state index is 11.9. The zero-order valence-corrected chi connectivity index (χ0v) is 10.0. The lowest BCUT2D eigenvalue weighted by molar-refractivity contribution is -0.122. The molecule has 2 N–H and O–H groups in total. The highest BCUT2D eigenvalue weighted by molar-refractivity contribution is 5.84. The number of rotatable bonds is 3. The minimum absolute atomic E-state index is 0.0314. The smallest absolute Gasteiger partial charge is 0.227 e. The first kappa shape index (κ1) is 11.9. The summed E-state index contributed by atoms with van der Waals surface area (Å²) in [7, 11) is 1.57. The number of hydrogen-bond acceptors (Lipinski definition) is 3. The van der Waals surface area contributed by atoms with Crippen molar-refractivity contribution in [2.75, 3.05) is 19.1 Å². The fraction of sp³-hybridized carbons (Fsp3) is 0.462. The molecule has 4 heteroatoms. The van der Waals surface area contributed by atoms with Crippen LogP contribution in [0.2, 0.25) is 0 Å². The summed E-state index contributed by atoms with van der Waals surface area (Å²) in [5.41, 5.74) is 4.71. The van der Waals surface area contributed by atoms with Crippen LogP contribution in [0.3, 0.4) is 0 Å². The van der Waals surface area contributed by atoms with E-state index in [1.807, 2.05) is 24.3 Å². The summed E-state index contributed by atoms with van der Waals surface area (Å²) in [6, 6.07) is 7.83. The quantitative estimate of drug-likeness (QED) is 0.787. The Kier molecular flexibility index (Phi) is 3.98. The predicted octanol–water partition coefficient (Wildman–Crippen LogP) is 2.04. The molecule has 1 aliphatic rings. The molecule has 1 fully saturated rings. The Labute approximate surface area is 101 Å². The summed E-state index contributed by atoms with van der Waals surface area (Å²) in [6.07, 6.45) is 3.08. The monoisotopic (exact) mass is 234 g/mol. The summed E-state index contributed by atoms with van der Waals surface area (Å²) < 4.78 is 0. The van der Waals surface area contributed by atoms with Crippen molar-refractivity contribution >= 4 is 11.6 Å². The molecule has 1 saturated heterocycles. The first-order valence-corrected chi connectivity index (χ1v) is 5.98. The molecule has 0 spiro atoms. The Morgan fingerprint density at radius 2 is 2.29 bits per heavy atom. The molecule has 0 aliphatic carbocycles. The molecular formula is C13H18N2O2. The highest BCUT2D eigenvalue weighted by atomic mass is 16.6. The van der Waals surface area contributed by atoms with Crippen LogP contribution in [-0.4, -0.2) is 19.6 Å². The highest BCUT2D eigenvalue weighted by Crippen LogP contribution is 2.26. The summed E-state index contributed by atoms with van der Waals surface area (Å²) in [6.45, 7) is 0.797. The van der Waals surface area contributed by atoms with E-state index in [0.29, 0.717) is 0 Å². The predicted molar refractivity (Wildman–Crippen MR) is 66.7 cm³/mol. The van der Waals surface area contributed by atoms with Gasteiger partial charge in [0.1, 0.15) is 0 Å². The van der Waals surface area contributed by atoms with Gasteiger partial charge in [-0.15, -0.1) is 0 Å². The number of nitrogens with one attached hydrogen (secondary N) is 2. The number of anilines is 1. The molecule has 1 amide bonds. The average Bonchev–Trinajstić information content (AvgIpc) is 2.55. The maximum Gasteiger partial charge on any atom is 0.227 e. The first-order valence-electron chi connectivity index (χ1n) is 5.98. The minimum atomic E-state index is -0.0314. The molecule has 2 rings (SSSR count). The van der Waals surface area contributed by atoms with Gasteiger partial charge >= 0.3 is 0 Å². The van der Waals surface area contributed by atoms with E-state index in [0.717, 1.165) is 37.1 Å². The van der Waals surface area contributed by atoms with Gasteiger partial charge in [0.25, 0.3) is 0 Å². The molecule has 1 unspecified atom stereocenters. The van der Waals surface area contributed by atoms with Crippen molar-refractivity contribution < 1.29 is 9.63 Å². The van der Waals surface area contributed by atoms with Crippen LogP contribution in [0.15, 0.2) is 24.3 Å². The summed E-state index contributed by atoms with van der Waals surface area (Å²) in [5, 5.41) is 2.95. The van der Waals surface area contributed by atoms with Crippen molar-refractivity contribution in [3.63, 3.8) is 0 Å². The van der Waals surface area contributed by atoms with E-state index in [-0.39, 0.29) is 11.8 Å². The van der Waals surface area contributed by atoms with E-state index in [4.69, 9.17) is 4.84 Å². The van der Waals surface area contributed by atoms with E-state index in [9.17, 15) is 4.79 Å². The third kappa shape index (κ3) is 2.97. The molecule has 1 heterocycles. The van der Waals surface area contributed by atoms with E-state index in [2.05, 4.69) is 10.8 Å². The highest BCUT2D eigenvalue weighted by Gasteiger charge is 2.22. The average molecular weight is 234 g/mol. The van der Waals surface area contributed by atoms with Gasteiger partial charge in [0, 0.05) is 6.54 Å². The lowest BCUT2D eigenvalue weighted by atomic mass is 9.93. The van der Waals surface area contributed by atoms with Crippen molar-refractivity contribution in [2.45, 2.75) is 25.2 Å². The lowest BCUT2D eigenvalue weighted by Crippen LogP contribution is -2.27. The Morgan fingerprint density at radius 1 is 1.41 bits per heavy atom. The second-order valence-corrected chi connectivity index (χ2v) is 4.27. The van der Waals surface area contributed by atoms with Gasteiger partial charge in [0.15, 0.2) is 0 Å².